The zero-order chi connectivity index (χ0) is 19.8. The molecule has 0 fully saturated rings. The van der Waals surface area contributed by atoms with Crippen LogP contribution in [-0.2, 0) is 10.4 Å². The number of anilines is 1. The van der Waals surface area contributed by atoms with Crippen molar-refractivity contribution in [1.82, 2.24) is 0 Å². The van der Waals surface area contributed by atoms with Crippen molar-refractivity contribution in [3.05, 3.63) is 47.5 Å². The largest absolute Gasteiger partial charge is 0.493 e. The summed E-state index contributed by atoms with van der Waals surface area (Å²) in [6.07, 6.45) is -0.397. The molecule has 0 saturated heterocycles. The summed E-state index contributed by atoms with van der Waals surface area (Å²) in [6, 6.07) is 9.88. The van der Waals surface area contributed by atoms with Crippen LogP contribution in [0.2, 0.25) is 0 Å². The SMILES string of the molecule is COc1cc(C(=O)C[C@]2(O)C(=O)N(C)c3ccccc32)cc(OC)c1OC. The lowest BCUT2D eigenvalue weighted by Crippen LogP contribution is -2.40. The van der Waals surface area contributed by atoms with Crippen LogP contribution in [0.5, 0.6) is 17.2 Å². The highest BCUT2D eigenvalue weighted by Crippen LogP contribution is 2.43. The normalized spacial score (nSPS) is 18.3. The zero-order valence-electron chi connectivity index (χ0n) is 15.6. The molecule has 2 aromatic carbocycles. The second-order valence-corrected chi connectivity index (χ2v) is 6.26. The van der Waals surface area contributed by atoms with Crippen LogP contribution in [0.4, 0.5) is 5.69 Å². The third-order valence-corrected chi connectivity index (χ3v) is 4.77. The quantitative estimate of drug-likeness (QED) is 0.783. The number of hydrogen-bond donors (Lipinski definition) is 1. The fourth-order valence-electron chi connectivity index (χ4n) is 3.37. The number of nitrogens with zero attached hydrogens (tertiary/aromatic N) is 1. The molecule has 0 bridgehead atoms. The van der Waals surface area contributed by atoms with Crippen molar-refractivity contribution < 1.29 is 28.9 Å². The highest BCUT2D eigenvalue weighted by molar-refractivity contribution is 6.10. The lowest BCUT2D eigenvalue weighted by molar-refractivity contribution is -0.135. The van der Waals surface area contributed by atoms with Crippen molar-refractivity contribution in [1.29, 1.82) is 0 Å². The second kappa shape index (κ2) is 6.92. The number of amides is 1. The third-order valence-electron chi connectivity index (χ3n) is 4.77. The number of ketones is 1. The molecule has 2 aromatic rings. The van der Waals surface area contributed by atoms with Gasteiger partial charge in [0.15, 0.2) is 22.9 Å². The molecule has 7 heteroatoms. The van der Waals surface area contributed by atoms with Crippen LogP contribution in [0, 0.1) is 0 Å². The summed E-state index contributed by atoms with van der Waals surface area (Å²) in [5.74, 6) is 0.0434. The van der Waals surface area contributed by atoms with Gasteiger partial charge in [0, 0.05) is 18.2 Å². The Morgan fingerprint density at radius 2 is 1.67 bits per heavy atom. The highest BCUT2D eigenvalue weighted by Gasteiger charge is 2.49. The molecule has 0 radical (unpaired) electrons. The van der Waals surface area contributed by atoms with E-state index in [0.29, 0.717) is 28.5 Å². The molecule has 1 heterocycles. The van der Waals surface area contributed by atoms with Crippen LogP contribution in [-0.4, -0.2) is 45.2 Å². The van der Waals surface area contributed by atoms with Gasteiger partial charge in [-0.3, -0.25) is 9.59 Å². The van der Waals surface area contributed by atoms with Gasteiger partial charge in [-0.25, -0.2) is 0 Å². The molecule has 1 N–H and O–H groups in total. The molecule has 0 aliphatic carbocycles. The van der Waals surface area contributed by atoms with Crippen LogP contribution in [0.15, 0.2) is 36.4 Å². The molecule has 3 rings (SSSR count). The summed E-state index contributed by atoms with van der Waals surface area (Å²) in [6.45, 7) is 0. The Hall–Kier alpha value is -3.06. The van der Waals surface area contributed by atoms with E-state index in [1.165, 1.54) is 38.4 Å². The van der Waals surface area contributed by atoms with Crippen LogP contribution in [0.3, 0.4) is 0 Å². The van der Waals surface area contributed by atoms with E-state index in [4.69, 9.17) is 14.2 Å². The van der Waals surface area contributed by atoms with Gasteiger partial charge in [-0.2, -0.15) is 0 Å². The molecule has 1 aliphatic heterocycles. The first kappa shape index (κ1) is 18.7. The maximum absolute atomic E-state index is 12.9. The Morgan fingerprint density at radius 3 is 2.22 bits per heavy atom. The summed E-state index contributed by atoms with van der Waals surface area (Å²) in [5, 5.41) is 11.1. The number of carbonyl (C=O) groups is 2. The van der Waals surface area contributed by atoms with E-state index >= 15 is 0 Å². The van der Waals surface area contributed by atoms with Gasteiger partial charge >= 0.3 is 0 Å². The molecule has 27 heavy (non-hydrogen) atoms. The van der Waals surface area contributed by atoms with E-state index in [-0.39, 0.29) is 5.56 Å². The van der Waals surface area contributed by atoms with Crippen molar-refractivity contribution in [2.75, 3.05) is 33.3 Å². The number of likely N-dealkylation sites (N-methyl/N-ethyl adjacent to an activating group) is 1. The van der Waals surface area contributed by atoms with Gasteiger partial charge < -0.3 is 24.2 Å². The molecule has 1 aliphatic rings. The van der Waals surface area contributed by atoms with Gasteiger partial charge in [0.1, 0.15) is 0 Å². The van der Waals surface area contributed by atoms with Gasteiger partial charge in [-0.05, 0) is 18.2 Å². The van der Waals surface area contributed by atoms with E-state index in [9.17, 15) is 14.7 Å². The monoisotopic (exact) mass is 371 g/mol. The first-order chi connectivity index (χ1) is 12.9. The van der Waals surface area contributed by atoms with E-state index in [1.807, 2.05) is 0 Å². The minimum atomic E-state index is -1.91. The summed E-state index contributed by atoms with van der Waals surface area (Å²) in [7, 11) is 5.94. The highest BCUT2D eigenvalue weighted by atomic mass is 16.5. The number of rotatable bonds is 6. The van der Waals surface area contributed by atoms with E-state index in [2.05, 4.69) is 0 Å². The average Bonchev–Trinajstić information content (AvgIpc) is 2.88. The predicted octanol–water partition coefficient (Wildman–Crippen LogP) is 2.15. The number of Topliss-reactive ketones (excluding diaryl/α,β-unsaturated/α-hetero) is 1. The number of benzene rings is 2. The second-order valence-electron chi connectivity index (χ2n) is 6.26. The zero-order valence-corrected chi connectivity index (χ0v) is 15.6. The number of para-hydroxylation sites is 1. The molecule has 142 valence electrons. The molecule has 1 atom stereocenters. The van der Waals surface area contributed by atoms with E-state index in [0.717, 1.165) is 0 Å². The van der Waals surface area contributed by atoms with Crippen LogP contribution < -0.4 is 19.1 Å². The Labute approximate surface area is 157 Å². The summed E-state index contributed by atoms with van der Waals surface area (Å²) >= 11 is 0. The van der Waals surface area contributed by atoms with Gasteiger partial charge in [0.05, 0.1) is 33.4 Å². The Kier molecular flexibility index (Phi) is 4.80. The van der Waals surface area contributed by atoms with Gasteiger partial charge in [0.25, 0.3) is 5.91 Å². The van der Waals surface area contributed by atoms with Crippen molar-refractivity contribution >= 4 is 17.4 Å². The lowest BCUT2D eigenvalue weighted by Gasteiger charge is -2.21. The average molecular weight is 371 g/mol. The number of aliphatic hydroxyl groups is 1. The van der Waals surface area contributed by atoms with E-state index < -0.39 is 23.7 Å². The molecule has 0 spiro atoms. The maximum atomic E-state index is 12.9. The maximum Gasteiger partial charge on any atom is 0.263 e. The van der Waals surface area contributed by atoms with Gasteiger partial charge in [0.2, 0.25) is 5.75 Å². The number of fused-ring (bicyclic) bond motifs is 1. The first-order valence-corrected chi connectivity index (χ1v) is 8.30. The van der Waals surface area contributed by atoms with Crippen LogP contribution in [0.25, 0.3) is 0 Å². The van der Waals surface area contributed by atoms with Crippen molar-refractivity contribution in [2.45, 2.75) is 12.0 Å². The fourth-order valence-corrected chi connectivity index (χ4v) is 3.37. The number of carbonyl (C=O) groups excluding carboxylic acids is 2. The third kappa shape index (κ3) is 2.90. The molecule has 0 aromatic heterocycles. The molecule has 0 saturated carbocycles. The molecule has 0 unspecified atom stereocenters. The number of hydrogen-bond acceptors (Lipinski definition) is 6. The van der Waals surface area contributed by atoms with Crippen LogP contribution >= 0.6 is 0 Å². The van der Waals surface area contributed by atoms with E-state index in [1.54, 1.807) is 31.3 Å². The minimum Gasteiger partial charge on any atom is -0.493 e. The molecule has 1 amide bonds. The molecule has 7 nitrogen and oxygen atoms in total. The number of methoxy groups -OCH3 is 3. The predicted molar refractivity (Wildman–Crippen MR) is 98.8 cm³/mol. The number of ether oxygens (including phenoxy) is 3. The molecular weight excluding hydrogens is 350 g/mol. The Morgan fingerprint density at radius 1 is 1.07 bits per heavy atom. The van der Waals surface area contributed by atoms with Crippen LogP contribution in [0.1, 0.15) is 22.3 Å². The van der Waals surface area contributed by atoms with Crippen molar-refractivity contribution in [3.8, 4) is 17.2 Å². The Balaban J connectivity index is 2.00. The lowest BCUT2D eigenvalue weighted by atomic mass is 9.88. The fraction of sp³-hybridized carbons (Fsp3) is 0.300. The summed E-state index contributed by atoms with van der Waals surface area (Å²) in [5.41, 5.74) is -0.665. The summed E-state index contributed by atoms with van der Waals surface area (Å²) < 4.78 is 15.8. The first-order valence-electron chi connectivity index (χ1n) is 8.30. The topological polar surface area (TPSA) is 85.3 Å². The van der Waals surface area contributed by atoms with Gasteiger partial charge in [-0.15, -0.1) is 0 Å². The minimum absolute atomic E-state index is 0.248. The standard InChI is InChI=1S/C20H21NO6/c1-21-14-8-6-5-7-13(14)20(24,19(21)23)11-15(22)12-9-16(25-2)18(27-4)17(10-12)26-3/h5-10,24H,11H2,1-4H3/t20-/m1/s1. The Bertz CT molecular complexity index is 884. The van der Waals surface area contributed by atoms with Crippen molar-refractivity contribution in [3.63, 3.8) is 0 Å². The molecular formula is C20H21NO6. The smallest absolute Gasteiger partial charge is 0.263 e. The van der Waals surface area contributed by atoms with Crippen molar-refractivity contribution in [2.24, 2.45) is 0 Å². The van der Waals surface area contributed by atoms with Gasteiger partial charge in [-0.1, -0.05) is 18.2 Å². The summed E-state index contributed by atoms with van der Waals surface area (Å²) in [4.78, 5) is 26.9.